The molecular weight excluding hydrogens is 1290 g/mol. The van der Waals surface area contributed by atoms with Crippen LogP contribution in [0, 0.1) is 48.5 Å². The Balaban J connectivity index is 0.000000146. The van der Waals surface area contributed by atoms with Gasteiger partial charge in [0.15, 0.2) is 17.5 Å². The van der Waals surface area contributed by atoms with Crippen molar-refractivity contribution in [2.75, 3.05) is 45.9 Å². The molecule has 0 saturated carbocycles. The molecule has 1 saturated heterocycles. The van der Waals surface area contributed by atoms with Crippen LogP contribution in [0.5, 0.6) is 0 Å². The topological polar surface area (TPSA) is 226 Å². The Labute approximate surface area is 567 Å². The molecule has 4 aliphatic rings. The summed E-state index contributed by atoms with van der Waals surface area (Å²) in [6.45, 7) is 24.7. The highest BCUT2D eigenvalue weighted by molar-refractivity contribution is 7.15. The van der Waals surface area contributed by atoms with Crippen LogP contribution in [0.2, 0.25) is 10.0 Å². The van der Waals surface area contributed by atoms with Gasteiger partial charge in [0.1, 0.15) is 51.2 Å². The van der Waals surface area contributed by atoms with Crippen LogP contribution in [0.15, 0.2) is 118 Å². The van der Waals surface area contributed by atoms with Crippen molar-refractivity contribution >= 4 is 80.8 Å². The van der Waals surface area contributed by atoms with E-state index in [1.54, 1.807) is 34.8 Å². The number of aromatic nitrogens is 9. The summed E-state index contributed by atoms with van der Waals surface area (Å²) in [5.41, 5.74) is 10.8. The number of aliphatic imine (C=N–C) groups is 3. The molecule has 9 heterocycles. The first-order chi connectivity index (χ1) is 45.3. The lowest BCUT2D eigenvalue weighted by Crippen LogP contribution is -2.41. The van der Waals surface area contributed by atoms with Crippen molar-refractivity contribution in [1.29, 1.82) is 0 Å². The summed E-state index contributed by atoms with van der Waals surface area (Å²) in [7, 11) is 0. The number of halogens is 4. The molecule has 494 valence electrons. The molecule has 26 heteroatoms. The van der Waals surface area contributed by atoms with Crippen molar-refractivity contribution < 1.29 is 32.6 Å². The van der Waals surface area contributed by atoms with Gasteiger partial charge in [0, 0.05) is 92.8 Å². The normalized spacial score (nSPS) is 16.5. The molecular formula is C69H73Cl2F2N15O5S2. The Hall–Kier alpha value is -8.52. The summed E-state index contributed by atoms with van der Waals surface area (Å²) in [4.78, 5) is 57.1. The van der Waals surface area contributed by atoms with Gasteiger partial charge < -0.3 is 20.1 Å². The van der Waals surface area contributed by atoms with Crippen LogP contribution < -0.4 is 10.6 Å². The summed E-state index contributed by atoms with van der Waals surface area (Å²) < 4.78 is 43.7. The maximum Gasteiger partial charge on any atom is 0.321 e. The molecule has 2 amide bonds. The van der Waals surface area contributed by atoms with Crippen molar-refractivity contribution in [2.24, 2.45) is 15.0 Å². The monoisotopic (exact) mass is 1360 g/mol. The van der Waals surface area contributed by atoms with Crippen molar-refractivity contribution in [3.63, 3.8) is 0 Å². The summed E-state index contributed by atoms with van der Waals surface area (Å²) in [6, 6.07) is 31.4. The van der Waals surface area contributed by atoms with Gasteiger partial charge in [0.25, 0.3) is 5.91 Å². The molecule has 13 rings (SSSR count). The molecule has 4 aromatic carbocycles. The van der Waals surface area contributed by atoms with Gasteiger partial charge in [0.2, 0.25) is 5.91 Å². The van der Waals surface area contributed by atoms with E-state index in [1.165, 1.54) is 10.4 Å². The van der Waals surface area contributed by atoms with Gasteiger partial charge in [-0.25, -0.2) is 0 Å². The van der Waals surface area contributed by atoms with Crippen molar-refractivity contribution in [2.45, 2.75) is 119 Å². The van der Waals surface area contributed by atoms with Crippen LogP contribution in [0.25, 0.3) is 15.7 Å². The second-order valence-electron chi connectivity index (χ2n) is 24.5. The van der Waals surface area contributed by atoms with Gasteiger partial charge in [-0.15, -0.1) is 53.3 Å². The minimum absolute atomic E-state index is 0.0483. The van der Waals surface area contributed by atoms with Crippen LogP contribution in [-0.2, 0) is 23.9 Å². The first-order valence-electron chi connectivity index (χ1n) is 31.2. The molecule has 9 aromatic rings. The number of morpholine rings is 1. The SMILES string of the molecule is Cc1nnc2n1-c1ccccc1C(c1ccccc1)=N[C@H]2CC(=O)OC(C)(C)C.Cc1sc2c(c1C)C(c1ccc(Cl)cc1)=N[C@@H](CC(=O)NCCN1CCOCC1)c1nnc(C)n1-2.Cc1sc2c(c1C)C(c1ccc(Cl)cc1)=N[C@@H](CNC(=O)C(C)(F)F)c1nnc(C)n1-2. The highest BCUT2D eigenvalue weighted by Crippen LogP contribution is 2.42. The Morgan fingerprint density at radius 2 is 1.04 bits per heavy atom. The van der Waals surface area contributed by atoms with E-state index in [2.05, 4.69) is 64.5 Å². The number of hydrogen-bond donors (Lipinski definition) is 2. The number of thiophene rings is 2. The number of hydrogen-bond acceptors (Lipinski definition) is 17. The summed E-state index contributed by atoms with van der Waals surface area (Å²) >= 11 is 15.5. The number of para-hydroxylation sites is 1. The summed E-state index contributed by atoms with van der Waals surface area (Å²) in [6.07, 6.45) is 0.297. The van der Waals surface area contributed by atoms with E-state index in [0.29, 0.717) is 52.5 Å². The zero-order valence-electron chi connectivity index (χ0n) is 54.6. The number of carbonyl (C=O) groups excluding carboxylic acids is 3. The predicted octanol–water partition coefficient (Wildman–Crippen LogP) is 12.4. The molecule has 0 radical (unpaired) electrons. The van der Waals surface area contributed by atoms with E-state index in [1.807, 2.05) is 156 Å². The third-order valence-corrected chi connectivity index (χ3v) is 19.4. The molecule has 4 aliphatic heterocycles. The number of alkyl halides is 2. The summed E-state index contributed by atoms with van der Waals surface area (Å²) in [5, 5.41) is 34.5. The highest BCUT2D eigenvalue weighted by Gasteiger charge is 2.37. The lowest BCUT2D eigenvalue weighted by atomic mass is 9.99. The number of fused-ring (bicyclic) bond motifs is 9. The van der Waals surface area contributed by atoms with Crippen molar-refractivity contribution in [3.8, 4) is 15.7 Å². The lowest BCUT2D eigenvalue weighted by Gasteiger charge is -2.26. The quantitative estimate of drug-likeness (QED) is 0.103. The number of benzene rings is 4. The fraction of sp³-hybridized carbons (Fsp3) is 0.362. The summed E-state index contributed by atoms with van der Waals surface area (Å²) in [5.74, 6) is -1.17. The smallest absolute Gasteiger partial charge is 0.321 e. The maximum atomic E-state index is 13.4. The number of rotatable bonds is 13. The van der Waals surface area contributed by atoms with Gasteiger partial charge in [-0.05, 0) is 111 Å². The second-order valence-corrected chi connectivity index (χ2v) is 27.8. The molecule has 3 atom stereocenters. The number of amides is 2. The van der Waals surface area contributed by atoms with Gasteiger partial charge >= 0.3 is 11.9 Å². The number of esters is 1. The Morgan fingerprint density at radius 3 is 1.58 bits per heavy atom. The van der Waals surface area contributed by atoms with Gasteiger partial charge in [-0.2, -0.15) is 8.78 Å². The largest absolute Gasteiger partial charge is 0.460 e. The highest BCUT2D eigenvalue weighted by atomic mass is 35.5. The molecule has 1 fully saturated rings. The predicted molar refractivity (Wildman–Crippen MR) is 366 cm³/mol. The number of nitrogens with one attached hydrogen (secondary N) is 2. The van der Waals surface area contributed by atoms with Gasteiger partial charge in [-0.3, -0.25) is 48.0 Å². The Kier molecular flexibility index (Phi) is 20.3. The van der Waals surface area contributed by atoms with E-state index in [9.17, 15) is 23.2 Å². The molecule has 5 aromatic heterocycles. The average Bonchev–Trinajstić information content (AvgIpc) is 1.64. The van der Waals surface area contributed by atoms with E-state index in [-0.39, 0.29) is 31.3 Å². The molecule has 95 heavy (non-hydrogen) atoms. The van der Waals surface area contributed by atoms with Crippen LogP contribution in [0.4, 0.5) is 8.78 Å². The number of carbonyl (C=O) groups is 3. The third-order valence-electron chi connectivity index (χ3n) is 16.5. The van der Waals surface area contributed by atoms with Crippen LogP contribution in [-0.4, -0.2) is 142 Å². The molecule has 0 aliphatic carbocycles. The van der Waals surface area contributed by atoms with Gasteiger partial charge in [0.05, 0.1) is 48.9 Å². The zero-order chi connectivity index (χ0) is 67.6. The Morgan fingerprint density at radius 1 is 0.579 bits per heavy atom. The fourth-order valence-corrected chi connectivity index (χ4v) is 14.3. The molecule has 0 spiro atoms. The first-order valence-corrected chi connectivity index (χ1v) is 33.5. The Bertz CT molecular complexity index is 4420. The third kappa shape index (κ3) is 15.0. The minimum atomic E-state index is -3.48. The van der Waals surface area contributed by atoms with Gasteiger partial charge in [-0.1, -0.05) is 96.0 Å². The van der Waals surface area contributed by atoms with E-state index in [4.69, 9.17) is 47.7 Å². The van der Waals surface area contributed by atoms with Crippen LogP contribution >= 0.6 is 45.9 Å². The molecule has 2 N–H and O–H groups in total. The number of nitrogens with zero attached hydrogens (tertiary/aromatic N) is 13. The van der Waals surface area contributed by atoms with Crippen LogP contribution in [0.3, 0.4) is 0 Å². The standard InChI is InChI=1S/C25H29ClN6O2S.C23H24N4O2.C21H20ClF2N5OS/c1-15-16(2)35-25-22(15)23(18-4-6-19(26)7-5-18)28-20(24-30-29-17(3)32(24)25)14-21(33)27-8-9-31-10-12-34-13-11-31;1-15-25-26-22-18(14-20(28)29-23(2,3)4)24-21(16-10-6-5-7-11-16)17-12-8-9-13-19(17)27(15)22;1-10-11(2)31-19-16(10)17(13-5-7-14(22)8-6-13)26-15(9-25-20(30)21(4,23)24)18-28-27-12(3)29(18)19/h4-7,20H,8-14H2,1-3H3,(H,27,33);5-13,18H,14H2,1-4H3;5-8,15H,9H2,1-4H3,(H,25,30)/t20-;18-;15-/m000/s1. The van der Waals surface area contributed by atoms with Crippen molar-refractivity contribution in [1.82, 2.24) is 59.8 Å². The fourth-order valence-electron chi connectivity index (χ4n) is 11.6. The zero-order valence-corrected chi connectivity index (χ0v) is 57.7. The molecule has 0 bridgehead atoms. The number of aryl methyl sites for hydroxylation is 5. The molecule has 0 unspecified atom stereocenters. The second kappa shape index (κ2) is 28.4. The van der Waals surface area contributed by atoms with E-state index < -0.39 is 35.6 Å². The average molecular weight is 1370 g/mol. The van der Waals surface area contributed by atoms with E-state index >= 15 is 0 Å². The number of ether oxygens (including phenoxy) is 2. The lowest BCUT2D eigenvalue weighted by molar-refractivity contribution is -0.155. The van der Waals surface area contributed by atoms with Crippen LogP contribution in [0.1, 0.15) is 148 Å². The maximum absolute atomic E-state index is 13.4. The molecule has 20 nitrogen and oxygen atoms in total. The van der Waals surface area contributed by atoms with E-state index in [0.717, 1.165) is 115 Å². The minimum Gasteiger partial charge on any atom is -0.460 e. The van der Waals surface area contributed by atoms with Crippen molar-refractivity contribution in [3.05, 3.63) is 202 Å². The first kappa shape index (κ1) is 67.9.